The average molecular weight is 507 g/mol. The van der Waals surface area contributed by atoms with Crippen molar-refractivity contribution in [2.45, 2.75) is 11.3 Å². The molecule has 0 unspecified atom stereocenters. The maximum absolute atomic E-state index is 13.7. The molecular weight excluding hydrogens is 479 g/mol. The van der Waals surface area contributed by atoms with E-state index in [-0.39, 0.29) is 16.6 Å². The molecule has 0 N–H and O–H groups in total. The molecular formula is C23H27FN4O4S2. The molecule has 1 amide bonds. The zero-order valence-corrected chi connectivity index (χ0v) is 20.7. The van der Waals surface area contributed by atoms with Crippen LogP contribution < -0.4 is 4.90 Å². The molecule has 34 heavy (non-hydrogen) atoms. The second-order valence-electron chi connectivity index (χ2n) is 8.18. The zero-order valence-electron chi connectivity index (χ0n) is 19.1. The number of ether oxygens (including phenoxy) is 1. The highest BCUT2D eigenvalue weighted by molar-refractivity contribution is 7.89. The van der Waals surface area contributed by atoms with Crippen LogP contribution >= 0.6 is 11.3 Å². The van der Waals surface area contributed by atoms with Gasteiger partial charge in [-0.15, -0.1) is 0 Å². The van der Waals surface area contributed by atoms with Crippen molar-refractivity contribution in [1.29, 1.82) is 0 Å². The number of hydrogen-bond acceptors (Lipinski definition) is 7. The molecule has 1 fully saturated rings. The molecule has 1 aliphatic heterocycles. The van der Waals surface area contributed by atoms with E-state index in [2.05, 4.69) is 9.88 Å². The maximum atomic E-state index is 13.7. The van der Waals surface area contributed by atoms with Crippen molar-refractivity contribution in [3.8, 4) is 0 Å². The number of nitrogens with zero attached hydrogens (tertiary/aromatic N) is 4. The van der Waals surface area contributed by atoms with Crippen molar-refractivity contribution in [2.75, 3.05) is 58.4 Å². The first-order chi connectivity index (χ1) is 16.3. The molecule has 182 valence electrons. The lowest BCUT2D eigenvalue weighted by atomic mass is 10.2. The number of morpholine rings is 1. The Kier molecular flexibility index (Phi) is 7.58. The molecule has 0 atom stereocenters. The van der Waals surface area contributed by atoms with E-state index in [4.69, 9.17) is 4.74 Å². The predicted molar refractivity (Wildman–Crippen MR) is 130 cm³/mol. The van der Waals surface area contributed by atoms with Gasteiger partial charge in [0.1, 0.15) is 5.82 Å². The summed E-state index contributed by atoms with van der Waals surface area (Å²) in [5, 5.41) is 0.484. The smallest absolute Gasteiger partial charge is 0.260 e. The van der Waals surface area contributed by atoms with Crippen molar-refractivity contribution in [3.05, 3.63) is 53.8 Å². The third-order valence-corrected chi connectivity index (χ3v) is 8.53. The van der Waals surface area contributed by atoms with Crippen LogP contribution in [0.1, 0.15) is 16.8 Å². The number of carbonyl (C=O) groups is 1. The molecule has 8 nitrogen and oxygen atoms in total. The standard InChI is InChI=1S/C23H27FN4O4S2/c1-26(2)34(30,31)19-7-4-17(5-8-19)22(29)28(11-3-10-27-12-14-32-15-13-27)23-25-20-9-6-18(24)16-21(20)33-23/h4-9,16H,3,10-15H2,1-2H3. The lowest BCUT2D eigenvalue weighted by Crippen LogP contribution is -2.39. The quantitative estimate of drug-likeness (QED) is 0.467. The van der Waals surface area contributed by atoms with Gasteiger partial charge in [-0.1, -0.05) is 11.3 Å². The van der Waals surface area contributed by atoms with Crippen molar-refractivity contribution in [3.63, 3.8) is 0 Å². The van der Waals surface area contributed by atoms with Gasteiger partial charge < -0.3 is 4.74 Å². The van der Waals surface area contributed by atoms with E-state index in [1.165, 1.54) is 61.8 Å². The predicted octanol–water partition coefficient (Wildman–Crippen LogP) is 3.05. The summed E-state index contributed by atoms with van der Waals surface area (Å²) in [7, 11) is -0.675. The third-order valence-electron chi connectivity index (χ3n) is 5.65. The fraction of sp³-hybridized carbons (Fsp3) is 0.391. The van der Waals surface area contributed by atoms with Crippen LogP contribution in [0.2, 0.25) is 0 Å². The van der Waals surface area contributed by atoms with E-state index in [0.29, 0.717) is 40.7 Å². The third kappa shape index (κ3) is 5.44. The molecule has 4 rings (SSSR count). The monoisotopic (exact) mass is 506 g/mol. The molecule has 11 heteroatoms. The summed E-state index contributed by atoms with van der Waals surface area (Å²) < 4.78 is 45.6. The number of rotatable bonds is 8. The normalized spacial score (nSPS) is 15.2. The molecule has 3 aromatic rings. The number of amides is 1. The van der Waals surface area contributed by atoms with Gasteiger partial charge in [0.25, 0.3) is 5.91 Å². The van der Waals surface area contributed by atoms with Gasteiger partial charge in [-0.25, -0.2) is 22.1 Å². The van der Waals surface area contributed by atoms with E-state index >= 15 is 0 Å². The Labute approximate surface area is 202 Å². The summed E-state index contributed by atoms with van der Waals surface area (Å²) in [6.07, 6.45) is 0.725. The van der Waals surface area contributed by atoms with Crippen LogP contribution in [0.25, 0.3) is 10.2 Å². The van der Waals surface area contributed by atoms with E-state index in [0.717, 1.165) is 30.4 Å². The lowest BCUT2D eigenvalue weighted by molar-refractivity contribution is 0.0376. The number of thiazole rings is 1. The minimum absolute atomic E-state index is 0.114. The molecule has 0 spiro atoms. The lowest BCUT2D eigenvalue weighted by Gasteiger charge is -2.27. The summed E-state index contributed by atoms with van der Waals surface area (Å²) in [6.45, 7) is 4.36. The largest absolute Gasteiger partial charge is 0.379 e. The number of halogens is 1. The van der Waals surface area contributed by atoms with Crippen LogP contribution in [0.4, 0.5) is 9.52 Å². The van der Waals surface area contributed by atoms with E-state index in [9.17, 15) is 17.6 Å². The van der Waals surface area contributed by atoms with Crippen molar-refractivity contribution in [2.24, 2.45) is 0 Å². The Morgan fingerprint density at radius 2 is 1.85 bits per heavy atom. The molecule has 1 aromatic heterocycles. The van der Waals surface area contributed by atoms with Crippen molar-refractivity contribution < 1.29 is 22.3 Å². The maximum Gasteiger partial charge on any atom is 0.260 e. The molecule has 2 aromatic carbocycles. The second-order valence-corrected chi connectivity index (χ2v) is 11.3. The number of fused-ring (bicyclic) bond motifs is 1. The summed E-state index contributed by atoms with van der Waals surface area (Å²) in [6, 6.07) is 10.3. The fourth-order valence-electron chi connectivity index (χ4n) is 3.70. The van der Waals surface area contributed by atoms with E-state index < -0.39 is 10.0 Å². The topological polar surface area (TPSA) is 83.1 Å². The first kappa shape index (κ1) is 24.7. The van der Waals surface area contributed by atoms with Crippen molar-refractivity contribution >= 4 is 42.6 Å². The Bertz CT molecular complexity index is 1260. The molecule has 0 bridgehead atoms. The minimum Gasteiger partial charge on any atom is -0.379 e. The van der Waals surface area contributed by atoms with Gasteiger partial charge in [0.05, 0.1) is 28.3 Å². The van der Waals surface area contributed by atoms with Crippen LogP contribution in [-0.2, 0) is 14.8 Å². The molecule has 1 saturated heterocycles. The summed E-state index contributed by atoms with van der Waals surface area (Å²) in [5.41, 5.74) is 0.981. The Hall–Kier alpha value is -2.44. The molecule has 0 aliphatic carbocycles. The first-order valence-electron chi connectivity index (χ1n) is 11.0. The van der Waals surface area contributed by atoms with Crippen LogP contribution in [0.5, 0.6) is 0 Å². The summed E-state index contributed by atoms with van der Waals surface area (Å²) in [4.78, 5) is 22.1. The molecule has 1 aliphatic rings. The van der Waals surface area contributed by atoms with Gasteiger partial charge in [-0.2, -0.15) is 0 Å². The van der Waals surface area contributed by atoms with Crippen LogP contribution in [0.3, 0.4) is 0 Å². The van der Waals surface area contributed by atoms with E-state index in [1.54, 1.807) is 11.0 Å². The molecule has 0 saturated carbocycles. The highest BCUT2D eigenvalue weighted by Crippen LogP contribution is 2.30. The number of sulfonamides is 1. The Balaban J connectivity index is 1.58. The highest BCUT2D eigenvalue weighted by Gasteiger charge is 2.23. The molecule has 2 heterocycles. The second kappa shape index (κ2) is 10.4. The highest BCUT2D eigenvalue weighted by atomic mass is 32.2. The summed E-state index contributed by atoms with van der Waals surface area (Å²) >= 11 is 1.26. The summed E-state index contributed by atoms with van der Waals surface area (Å²) in [5.74, 6) is -0.638. The number of anilines is 1. The number of carbonyl (C=O) groups excluding carboxylic acids is 1. The van der Waals surface area contributed by atoms with Crippen molar-refractivity contribution in [1.82, 2.24) is 14.2 Å². The SMILES string of the molecule is CN(C)S(=O)(=O)c1ccc(C(=O)N(CCCN2CCOCC2)c2nc3ccc(F)cc3s2)cc1. The Morgan fingerprint density at radius 3 is 2.53 bits per heavy atom. The van der Waals surface area contributed by atoms with Gasteiger partial charge in [0, 0.05) is 45.8 Å². The first-order valence-corrected chi connectivity index (χ1v) is 13.2. The van der Waals surface area contributed by atoms with Gasteiger partial charge in [-0.05, 0) is 48.9 Å². The van der Waals surface area contributed by atoms with Gasteiger partial charge in [0.15, 0.2) is 5.13 Å². The fourth-order valence-corrected chi connectivity index (χ4v) is 5.62. The van der Waals surface area contributed by atoms with Gasteiger partial charge >= 0.3 is 0 Å². The van der Waals surface area contributed by atoms with E-state index in [1.807, 2.05) is 0 Å². The average Bonchev–Trinajstić information content (AvgIpc) is 3.25. The number of hydrogen-bond donors (Lipinski definition) is 0. The Morgan fingerprint density at radius 1 is 1.15 bits per heavy atom. The zero-order chi connectivity index (χ0) is 24.3. The van der Waals surface area contributed by atoms with Crippen LogP contribution in [0, 0.1) is 5.82 Å². The van der Waals surface area contributed by atoms with Crippen LogP contribution in [-0.4, -0.2) is 82.0 Å². The van der Waals surface area contributed by atoms with Gasteiger partial charge in [0.2, 0.25) is 10.0 Å². The molecule has 0 radical (unpaired) electrons. The van der Waals surface area contributed by atoms with Gasteiger partial charge in [-0.3, -0.25) is 14.6 Å². The number of benzene rings is 2. The number of aromatic nitrogens is 1. The minimum atomic E-state index is -3.59. The van der Waals surface area contributed by atoms with Crippen LogP contribution in [0.15, 0.2) is 47.4 Å².